The minimum atomic E-state index is -1.76. The third-order valence-electron chi connectivity index (χ3n) is 4.10. The highest BCUT2D eigenvalue weighted by Crippen LogP contribution is 2.31. The summed E-state index contributed by atoms with van der Waals surface area (Å²) in [7, 11) is 0. The van der Waals surface area contributed by atoms with Crippen molar-refractivity contribution in [2.45, 2.75) is 49.8 Å². The lowest BCUT2D eigenvalue weighted by Crippen LogP contribution is -2.56. The van der Waals surface area contributed by atoms with E-state index in [2.05, 4.69) is 0 Å². The Balaban J connectivity index is 2.16. The summed E-state index contributed by atoms with van der Waals surface area (Å²) in [5, 5.41) is 67.3. The first-order valence-corrected chi connectivity index (χ1v) is 7.17. The first-order valence-electron chi connectivity index (χ1n) is 7.17. The Morgan fingerprint density at radius 2 is 1.57 bits per heavy atom. The van der Waals surface area contributed by atoms with Crippen LogP contribution in [0.3, 0.4) is 0 Å². The average molecular weight is 338 g/mol. The molecule has 0 bridgehead atoms. The molecule has 2 heterocycles. The third-order valence-corrected chi connectivity index (χ3v) is 4.10. The van der Waals surface area contributed by atoms with E-state index < -0.39 is 73.7 Å². The Kier molecular flexibility index (Phi) is 5.68. The first-order chi connectivity index (χ1) is 10.8. The second kappa shape index (κ2) is 7.18. The minimum Gasteiger partial charge on any atom is -0.504 e. The van der Waals surface area contributed by atoms with E-state index in [0.29, 0.717) is 0 Å². The van der Waals surface area contributed by atoms with E-state index in [1.165, 1.54) is 0 Å². The Labute approximate surface area is 131 Å². The molecule has 0 saturated carbocycles. The summed E-state index contributed by atoms with van der Waals surface area (Å²) in [6, 6.07) is 0. The van der Waals surface area contributed by atoms with E-state index >= 15 is 0 Å². The lowest BCUT2D eigenvalue weighted by molar-refractivity contribution is -0.296. The molecule has 0 aromatic heterocycles. The molecule has 1 fully saturated rings. The molecule has 2 aliphatic heterocycles. The number of rotatable bonds is 4. The molecule has 0 spiro atoms. The molecule has 8 atom stereocenters. The molecule has 10 heteroatoms. The van der Waals surface area contributed by atoms with E-state index in [9.17, 15) is 30.6 Å². The van der Waals surface area contributed by atoms with Crippen LogP contribution < -0.4 is 0 Å². The zero-order valence-electron chi connectivity index (χ0n) is 12.4. The highest BCUT2D eigenvalue weighted by molar-refractivity contribution is 5.09. The second-order valence-electron chi connectivity index (χ2n) is 5.63. The van der Waals surface area contributed by atoms with E-state index in [-0.39, 0.29) is 0 Å². The van der Waals surface area contributed by atoms with Crippen LogP contribution in [0.4, 0.5) is 0 Å². The van der Waals surface area contributed by atoms with Gasteiger partial charge in [0.2, 0.25) is 12.0 Å². The van der Waals surface area contributed by atoms with E-state index in [1.54, 1.807) is 6.92 Å². The van der Waals surface area contributed by atoms with E-state index in [0.717, 1.165) is 0 Å². The van der Waals surface area contributed by atoms with Crippen molar-refractivity contribution in [2.75, 3.05) is 13.2 Å². The van der Waals surface area contributed by atoms with Crippen LogP contribution in [0.2, 0.25) is 0 Å². The molecule has 2 rings (SSSR count). The molecule has 0 aromatic rings. The van der Waals surface area contributed by atoms with Crippen LogP contribution >= 0.6 is 0 Å². The van der Waals surface area contributed by atoms with Crippen molar-refractivity contribution in [1.82, 2.24) is 0 Å². The largest absolute Gasteiger partial charge is 0.504 e. The molecule has 7 N–H and O–H groups in total. The highest BCUT2D eigenvalue weighted by Gasteiger charge is 2.46. The molecular formula is C13H22O10. The number of hydrogen-bond acceptors (Lipinski definition) is 10. The summed E-state index contributed by atoms with van der Waals surface area (Å²) >= 11 is 0. The average Bonchev–Trinajstić information content (AvgIpc) is 2.55. The minimum absolute atomic E-state index is 0.433. The monoisotopic (exact) mass is 338 g/mol. The number of ether oxygens (including phenoxy) is 3. The van der Waals surface area contributed by atoms with Gasteiger partial charge in [-0.1, -0.05) is 6.92 Å². The smallest absolute Gasteiger partial charge is 0.324 e. The van der Waals surface area contributed by atoms with Gasteiger partial charge in [0, 0.05) is 5.92 Å². The lowest BCUT2D eigenvalue weighted by atomic mass is 9.91. The van der Waals surface area contributed by atoms with Crippen LogP contribution in [0.25, 0.3) is 0 Å². The van der Waals surface area contributed by atoms with Crippen molar-refractivity contribution in [1.29, 1.82) is 0 Å². The molecular weight excluding hydrogens is 316 g/mol. The van der Waals surface area contributed by atoms with Gasteiger partial charge < -0.3 is 50.0 Å². The van der Waals surface area contributed by atoms with Crippen molar-refractivity contribution in [3.05, 3.63) is 11.7 Å². The molecule has 0 amide bonds. The molecule has 134 valence electrons. The van der Waals surface area contributed by atoms with Crippen molar-refractivity contribution in [3.63, 3.8) is 0 Å². The van der Waals surface area contributed by atoms with Gasteiger partial charge in [-0.2, -0.15) is 0 Å². The topological polar surface area (TPSA) is 169 Å². The summed E-state index contributed by atoms with van der Waals surface area (Å²) < 4.78 is 15.5. The van der Waals surface area contributed by atoms with Crippen LogP contribution in [0, 0.1) is 5.92 Å². The fraction of sp³-hybridized carbons (Fsp3) is 0.846. The molecule has 23 heavy (non-hydrogen) atoms. The van der Waals surface area contributed by atoms with Crippen LogP contribution in [0.5, 0.6) is 0 Å². The maximum Gasteiger partial charge on any atom is 0.324 e. The van der Waals surface area contributed by atoms with Gasteiger partial charge in [0.25, 0.3) is 0 Å². The lowest BCUT2D eigenvalue weighted by Gasteiger charge is -2.41. The number of aliphatic hydroxyl groups is 7. The predicted molar refractivity (Wildman–Crippen MR) is 71.6 cm³/mol. The Morgan fingerprint density at radius 3 is 2.13 bits per heavy atom. The van der Waals surface area contributed by atoms with Crippen molar-refractivity contribution in [2.24, 2.45) is 5.92 Å². The van der Waals surface area contributed by atoms with Gasteiger partial charge in [-0.3, -0.25) is 0 Å². The summed E-state index contributed by atoms with van der Waals surface area (Å²) in [6.45, 7) is 0.476. The van der Waals surface area contributed by atoms with Gasteiger partial charge in [0.15, 0.2) is 6.10 Å². The second-order valence-corrected chi connectivity index (χ2v) is 5.63. The molecule has 1 saturated heterocycles. The molecule has 0 radical (unpaired) electrons. The van der Waals surface area contributed by atoms with Gasteiger partial charge in [0.1, 0.15) is 18.3 Å². The van der Waals surface area contributed by atoms with Crippen LogP contribution in [-0.4, -0.2) is 91.9 Å². The first kappa shape index (κ1) is 18.2. The maximum absolute atomic E-state index is 9.98. The van der Waals surface area contributed by atoms with Crippen LogP contribution in [0.1, 0.15) is 6.92 Å². The fourth-order valence-electron chi connectivity index (χ4n) is 2.47. The third kappa shape index (κ3) is 3.38. The van der Waals surface area contributed by atoms with Crippen molar-refractivity contribution in [3.8, 4) is 0 Å². The Morgan fingerprint density at radius 1 is 0.957 bits per heavy atom. The summed E-state index contributed by atoms with van der Waals surface area (Å²) in [5.74, 6) is -2.06. The highest BCUT2D eigenvalue weighted by atomic mass is 16.8. The molecule has 10 nitrogen and oxygen atoms in total. The molecule has 0 aromatic carbocycles. The van der Waals surface area contributed by atoms with E-state index in [4.69, 9.17) is 19.3 Å². The molecule has 2 aliphatic rings. The Hall–Kier alpha value is -1.14. The van der Waals surface area contributed by atoms with Gasteiger partial charge in [0.05, 0.1) is 25.4 Å². The number of hydrogen-bond donors (Lipinski definition) is 7. The zero-order chi connectivity index (χ0) is 17.3. The zero-order valence-corrected chi connectivity index (χ0v) is 12.4. The molecule has 8 unspecified atom stereocenters. The van der Waals surface area contributed by atoms with E-state index in [1.807, 2.05) is 0 Å². The van der Waals surface area contributed by atoms with Gasteiger partial charge in [-0.15, -0.1) is 0 Å². The van der Waals surface area contributed by atoms with Crippen LogP contribution in [0.15, 0.2) is 11.7 Å². The maximum atomic E-state index is 9.98. The molecule has 0 aliphatic carbocycles. The van der Waals surface area contributed by atoms with Crippen LogP contribution in [-0.2, 0) is 14.2 Å². The van der Waals surface area contributed by atoms with Gasteiger partial charge in [-0.05, 0) is 0 Å². The standard InChI is InChI=1S/C13H22O10/c1-4-5(2-14)21-12(10(19)7(4)16)23-13-11(20)9(18)8(17)6(3-15)22-13/h4-10,12,14-20H,2-3H2,1H3. The summed E-state index contributed by atoms with van der Waals surface area (Å²) in [5.41, 5.74) is 0. The van der Waals surface area contributed by atoms with Crippen molar-refractivity contribution >= 4 is 0 Å². The summed E-state index contributed by atoms with van der Waals surface area (Å²) in [6.07, 6.45) is -9.66. The van der Waals surface area contributed by atoms with Gasteiger partial charge in [-0.25, -0.2) is 0 Å². The van der Waals surface area contributed by atoms with Crippen molar-refractivity contribution < 1.29 is 50.0 Å². The SMILES string of the molecule is CC1C(CO)OC(OC2=C(O)C(O)C(O)C(CO)O2)C(O)C1O. The quantitative estimate of drug-likeness (QED) is 0.279. The fourth-order valence-corrected chi connectivity index (χ4v) is 2.47. The number of aliphatic hydroxyl groups excluding tert-OH is 7. The Bertz CT molecular complexity index is 438. The summed E-state index contributed by atoms with van der Waals surface area (Å²) in [4.78, 5) is 0. The normalized spacial score (nSPS) is 44.8. The predicted octanol–water partition coefficient (Wildman–Crippen LogP) is -3.08. The van der Waals surface area contributed by atoms with Gasteiger partial charge >= 0.3 is 5.95 Å².